The summed E-state index contributed by atoms with van der Waals surface area (Å²) in [6, 6.07) is 6.30. The van der Waals surface area contributed by atoms with Gasteiger partial charge in [-0.05, 0) is 12.1 Å². The molecule has 266 valence electrons. The van der Waals surface area contributed by atoms with Crippen molar-refractivity contribution in [3.63, 3.8) is 0 Å². The summed E-state index contributed by atoms with van der Waals surface area (Å²) in [5.74, 6) is -4.06. The third-order valence-electron chi connectivity index (χ3n) is 6.16. The van der Waals surface area contributed by atoms with Crippen LogP contribution < -0.4 is 9.47 Å². The Morgan fingerprint density at radius 2 is 0.980 bits per heavy atom. The van der Waals surface area contributed by atoms with E-state index in [1.807, 2.05) is 0 Å². The number of ether oxygens (including phenoxy) is 6. The highest BCUT2D eigenvalue weighted by molar-refractivity contribution is 8.24. The molecule has 0 saturated carbocycles. The van der Waals surface area contributed by atoms with Crippen molar-refractivity contribution < 1.29 is 57.2 Å². The molecule has 16 heteroatoms. The molecule has 0 spiro atoms. The zero-order valence-corrected chi connectivity index (χ0v) is 29.6. The van der Waals surface area contributed by atoms with Crippen molar-refractivity contribution in [2.45, 2.75) is 63.2 Å². The molecule has 0 N–H and O–H groups in total. The van der Waals surface area contributed by atoms with Gasteiger partial charge in [0.15, 0.2) is 0 Å². The number of carbonyl (C=O) groups is 6. The number of hydrogen-bond donors (Lipinski definition) is 0. The van der Waals surface area contributed by atoms with Gasteiger partial charge >= 0.3 is 35.8 Å². The van der Waals surface area contributed by atoms with Gasteiger partial charge in [-0.2, -0.15) is 10.5 Å². The van der Waals surface area contributed by atoms with Gasteiger partial charge in [-0.3, -0.25) is 19.2 Å². The molecule has 1 aliphatic rings. The van der Waals surface area contributed by atoms with E-state index in [-0.39, 0.29) is 73.4 Å². The van der Waals surface area contributed by atoms with Gasteiger partial charge in [0.1, 0.15) is 29.2 Å². The maximum Gasteiger partial charge on any atom is 0.330 e. The monoisotopic (exact) mass is 728 g/mol. The van der Waals surface area contributed by atoms with Gasteiger partial charge in [0.25, 0.3) is 0 Å². The maximum atomic E-state index is 12.7. The van der Waals surface area contributed by atoms with Crippen molar-refractivity contribution in [1.29, 1.82) is 10.5 Å². The number of nitrogens with zero attached hydrogens (tertiary/aromatic N) is 2. The summed E-state index contributed by atoms with van der Waals surface area (Å²) >= 11 is 1.93. The lowest BCUT2D eigenvalue weighted by Gasteiger charge is -2.23. The number of nitriles is 2. The third kappa shape index (κ3) is 13.8. The fraction of sp³-hybridized carbons (Fsp3) is 0.412. The summed E-state index contributed by atoms with van der Waals surface area (Å²) in [5.41, 5.74) is -1.57. The van der Waals surface area contributed by atoms with Crippen molar-refractivity contribution in [2.75, 3.05) is 26.4 Å². The van der Waals surface area contributed by atoms with E-state index in [2.05, 4.69) is 13.2 Å². The lowest BCUT2D eigenvalue weighted by Crippen LogP contribution is -2.28. The van der Waals surface area contributed by atoms with Crippen molar-refractivity contribution in [2.24, 2.45) is 10.8 Å². The average molecular weight is 729 g/mol. The average Bonchev–Trinajstić information content (AvgIpc) is 3.53. The van der Waals surface area contributed by atoms with Gasteiger partial charge in [0.2, 0.25) is 0 Å². The van der Waals surface area contributed by atoms with Gasteiger partial charge < -0.3 is 28.4 Å². The summed E-state index contributed by atoms with van der Waals surface area (Å²) in [6.07, 6.45) is 0.747. The van der Waals surface area contributed by atoms with Crippen molar-refractivity contribution >= 4 is 59.3 Å². The van der Waals surface area contributed by atoms with Crippen LogP contribution in [0.15, 0.2) is 57.0 Å². The van der Waals surface area contributed by atoms with Crippen LogP contribution in [0, 0.1) is 33.5 Å². The zero-order chi connectivity index (χ0) is 37.5. The minimum atomic E-state index is -0.780. The van der Waals surface area contributed by atoms with E-state index in [4.69, 9.17) is 28.4 Å². The van der Waals surface area contributed by atoms with Crippen molar-refractivity contribution in [3.8, 4) is 23.6 Å². The number of esters is 6. The second kappa shape index (κ2) is 19.2. The van der Waals surface area contributed by atoms with E-state index in [1.165, 1.54) is 12.1 Å². The first-order valence-corrected chi connectivity index (χ1v) is 16.5. The number of thioether (sulfide) groups is 2. The van der Waals surface area contributed by atoms with Crippen molar-refractivity contribution in [3.05, 3.63) is 47.3 Å². The molecule has 0 aromatic heterocycles. The minimum absolute atomic E-state index is 0.0158. The van der Waals surface area contributed by atoms with Crippen LogP contribution in [0.2, 0.25) is 0 Å². The van der Waals surface area contributed by atoms with Crippen LogP contribution in [0.1, 0.15) is 53.4 Å². The molecule has 0 radical (unpaired) electrons. The first kappa shape index (κ1) is 41.1. The molecule has 1 aromatic rings. The lowest BCUT2D eigenvalue weighted by atomic mass is 9.96. The van der Waals surface area contributed by atoms with Crippen LogP contribution >= 0.6 is 23.5 Å². The van der Waals surface area contributed by atoms with Crippen LogP contribution in [-0.2, 0) is 47.7 Å². The summed E-state index contributed by atoms with van der Waals surface area (Å²) in [5, 5.41) is 18.8. The standard InChI is InChI=1S/C34H36N2O12S2/c1-7-24(37)43-17-33(3,4)19-45-26(39)11-13-28(41)47-22-9-10-23(31-30(22)49-32(50-31)21(15-35)16-36)48-29(42)14-12-27(40)46-20-34(5,6)18-44-25(38)8-2/h7-10H,1-2,11-14,17-20H2,3-6H3. The Hall–Kier alpha value is -5.06. The van der Waals surface area contributed by atoms with E-state index in [0.29, 0.717) is 9.79 Å². The molecule has 0 fully saturated rings. The zero-order valence-electron chi connectivity index (χ0n) is 28.0. The number of carbonyl (C=O) groups excluding carboxylic acids is 6. The molecule has 0 amide bonds. The number of rotatable bonds is 18. The molecule has 1 aromatic carbocycles. The van der Waals surface area contributed by atoms with Crippen LogP contribution in [0.3, 0.4) is 0 Å². The number of allylic oxidation sites excluding steroid dienone is 1. The van der Waals surface area contributed by atoms with Crippen molar-refractivity contribution in [1.82, 2.24) is 0 Å². The highest BCUT2D eigenvalue weighted by Gasteiger charge is 2.31. The second-order valence-electron chi connectivity index (χ2n) is 12.0. The first-order valence-electron chi connectivity index (χ1n) is 14.9. The van der Waals surface area contributed by atoms with Crippen LogP contribution in [0.4, 0.5) is 0 Å². The maximum absolute atomic E-state index is 12.7. The Kier molecular flexibility index (Phi) is 15.8. The summed E-state index contributed by atoms with van der Waals surface area (Å²) < 4.78 is 31.6. The predicted octanol–water partition coefficient (Wildman–Crippen LogP) is 5.11. The fourth-order valence-corrected chi connectivity index (χ4v) is 5.97. The van der Waals surface area contributed by atoms with Crippen LogP contribution in [-0.4, -0.2) is 62.2 Å². The highest BCUT2D eigenvalue weighted by atomic mass is 32.2. The van der Waals surface area contributed by atoms with Gasteiger partial charge in [0, 0.05) is 23.0 Å². The molecule has 0 saturated heterocycles. The molecule has 2 rings (SSSR count). The second-order valence-corrected chi connectivity index (χ2v) is 14.3. The summed E-state index contributed by atoms with van der Waals surface area (Å²) in [4.78, 5) is 73.1. The summed E-state index contributed by atoms with van der Waals surface area (Å²) in [7, 11) is 0. The van der Waals surface area contributed by atoms with Crippen LogP contribution in [0.25, 0.3) is 0 Å². The molecule has 1 aliphatic heterocycles. The molecular formula is C34H36N2O12S2. The van der Waals surface area contributed by atoms with E-state index in [1.54, 1.807) is 39.8 Å². The van der Waals surface area contributed by atoms with Gasteiger partial charge in [-0.1, -0.05) is 64.4 Å². The third-order valence-corrected chi connectivity index (χ3v) is 8.79. The van der Waals surface area contributed by atoms with E-state index in [0.717, 1.165) is 35.7 Å². The molecule has 0 atom stereocenters. The Labute approximate surface area is 297 Å². The van der Waals surface area contributed by atoms with E-state index >= 15 is 0 Å². The van der Waals surface area contributed by atoms with E-state index < -0.39 is 46.6 Å². The first-order chi connectivity index (χ1) is 23.5. The minimum Gasteiger partial charge on any atom is -0.465 e. The molecule has 0 bridgehead atoms. The smallest absolute Gasteiger partial charge is 0.330 e. The quantitative estimate of drug-likeness (QED) is 0.0633. The van der Waals surface area contributed by atoms with Gasteiger partial charge in [-0.25, -0.2) is 9.59 Å². The molecule has 1 heterocycles. The molecule has 0 unspecified atom stereocenters. The molecular weight excluding hydrogens is 693 g/mol. The van der Waals surface area contributed by atoms with Crippen LogP contribution in [0.5, 0.6) is 11.5 Å². The van der Waals surface area contributed by atoms with E-state index in [9.17, 15) is 39.3 Å². The van der Waals surface area contributed by atoms with Gasteiger partial charge in [0.05, 0.1) is 66.1 Å². The SMILES string of the molecule is C=CC(=O)OCC(C)(C)COC(=O)CCC(=O)Oc1ccc(OC(=O)CCC(=O)OCC(C)(C)COC(=O)C=C)c2c1SC(=C(C#N)C#N)S2. The Bertz CT molecular complexity index is 1530. The largest absolute Gasteiger partial charge is 0.465 e. The molecule has 14 nitrogen and oxygen atoms in total. The highest BCUT2D eigenvalue weighted by Crippen LogP contribution is 2.58. The number of hydrogen-bond acceptors (Lipinski definition) is 16. The normalized spacial score (nSPS) is 11.8. The number of fused-ring (bicyclic) bond motifs is 1. The van der Waals surface area contributed by atoms with Gasteiger partial charge in [-0.15, -0.1) is 0 Å². The Morgan fingerprint density at radius 3 is 1.32 bits per heavy atom. The fourth-order valence-electron chi connectivity index (χ4n) is 3.49. The number of benzene rings is 1. The summed E-state index contributed by atoms with van der Waals surface area (Å²) in [6.45, 7) is 13.3. The Balaban J connectivity index is 2.02. The lowest BCUT2D eigenvalue weighted by molar-refractivity contribution is -0.153. The Morgan fingerprint density at radius 1 is 0.640 bits per heavy atom. The molecule has 0 aliphatic carbocycles. The molecule has 50 heavy (non-hydrogen) atoms. The topological polar surface area (TPSA) is 205 Å². The predicted molar refractivity (Wildman–Crippen MR) is 178 cm³/mol.